The van der Waals surface area contributed by atoms with Gasteiger partial charge in [0, 0.05) is 0 Å². The van der Waals surface area contributed by atoms with Gasteiger partial charge in [-0.15, -0.1) is 0 Å². The lowest BCUT2D eigenvalue weighted by Gasteiger charge is -2.23. The van der Waals surface area contributed by atoms with Gasteiger partial charge in [0.25, 0.3) is 0 Å². The van der Waals surface area contributed by atoms with Crippen LogP contribution in [0, 0.1) is 0 Å². The summed E-state index contributed by atoms with van der Waals surface area (Å²) in [6.07, 6.45) is 1.27. The van der Waals surface area contributed by atoms with E-state index in [1.54, 1.807) is 30.3 Å². The number of nitrogens with zero attached hydrogens (tertiary/aromatic N) is 1. The Labute approximate surface area is 126 Å². The summed E-state index contributed by atoms with van der Waals surface area (Å²) in [4.78, 5) is 10.6. The smallest absolute Gasteiger partial charge is 0.247 e. The number of hydrogen-bond donors (Lipinski definition) is 1. The standard InChI is InChI=1S/C7H14N2O.C7H8O3S/c1-5-7(10)8-6-9(2,3)4;8-11(9,10)6-7-4-2-1-3-5-7/h5H,1,6H2,2-4H3;1-5H,6H2,(H,8,9,10). The van der Waals surface area contributed by atoms with E-state index >= 15 is 0 Å². The van der Waals surface area contributed by atoms with Gasteiger partial charge in [0.05, 0.1) is 37.0 Å². The number of benzene rings is 1. The maximum Gasteiger partial charge on any atom is 0.247 e. The molecule has 1 N–H and O–H groups in total. The predicted octanol–water partition coefficient (Wildman–Crippen LogP) is 0.684. The summed E-state index contributed by atoms with van der Waals surface area (Å²) in [5.41, 5.74) is 0.530. The molecule has 0 aliphatic rings. The number of carbonyl (C=O) groups is 1. The maximum atomic E-state index is 10.6. The average molecular weight is 314 g/mol. The molecule has 0 fully saturated rings. The lowest BCUT2D eigenvalue weighted by atomic mass is 10.2. The van der Waals surface area contributed by atoms with Crippen LogP contribution in [0.2, 0.25) is 0 Å². The van der Waals surface area contributed by atoms with Crippen LogP contribution in [-0.2, 0) is 20.7 Å². The lowest BCUT2D eigenvalue weighted by molar-refractivity contribution is -0.872. The van der Waals surface area contributed by atoms with Gasteiger partial charge in [0.15, 0.2) is 6.67 Å². The maximum absolute atomic E-state index is 10.6. The number of hydrogen-bond acceptors (Lipinski definition) is 4. The molecule has 0 aliphatic heterocycles. The van der Waals surface area contributed by atoms with Crippen LogP contribution in [-0.4, -0.2) is 51.2 Å². The van der Waals surface area contributed by atoms with Gasteiger partial charge in [0.2, 0.25) is 5.91 Å². The molecule has 1 rings (SSSR count). The number of amides is 1. The molecule has 0 saturated carbocycles. The highest BCUT2D eigenvalue weighted by molar-refractivity contribution is 7.84. The zero-order chi connectivity index (χ0) is 16.5. The number of quaternary nitrogens is 1. The van der Waals surface area contributed by atoms with Gasteiger partial charge >= 0.3 is 0 Å². The fourth-order valence-corrected chi connectivity index (χ4v) is 1.77. The molecule has 0 heterocycles. The Morgan fingerprint density at radius 1 is 1.29 bits per heavy atom. The quantitative estimate of drug-likeness (QED) is 0.375. The SMILES string of the molecule is C=CC(=O)NC[N+](C)(C)C.O=S(=O)([O-])Cc1ccccc1. The van der Waals surface area contributed by atoms with E-state index in [2.05, 4.69) is 11.9 Å². The molecule has 0 aliphatic carbocycles. The first kappa shape index (κ1) is 19.3. The molecule has 21 heavy (non-hydrogen) atoms. The second kappa shape index (κ2) is 8.56. The molecule has 0 aromatic heterocycles. The predicted molar refractivity (Wildman–Crippen MR) is 81.1 cm³/mol. The van der Waals surface area contributed by atoms with Crippen LogP contribution in [0.15, 0.2) is 43.0 Å². The minimum Gasteiger partial charge on any atom is -0.748 e. The zero-order valence-corrected chi connectivity index (χ0v) is 13.4. The van der Waals surface area contributed by atoms with E-state index in [0.29, 0.717) is 12.2 Å². The number of nitrogens with one attached hydrogen (secondary N) is 1. The normalized spacial score (nSPS) is 11.0. The third kappa shape index (κ3) is 13.1. The van der Waals surface area contributed by atoms with E-state index in [1.165, 1.54) is 6.08 Å². The first-order valence-corrected chi connectivity index (χ1v) is 7.79. The van der Waals surface area contributed by atoms with Gasteiger partial charge < -0.3 is 14.4 Å². The molecular formula is C14H22N2O4S. The molecule has 0 unspecified atom stereocenters. The van der Waals surface area contributed by atoms with Crippen LogP contribution < -0.4 is 5.32 Å². The second-order valence-corrected chi connectivity index (χ2v) is 6.79. The largest absolute Gasteiger partial charge is 0.748 e. The van der Waals surface area contributed by atoms with Gasteiger partial charge in [-0.05, 0) is 11.6 Å². The molecule has 1 amide bonds. The van der Waals surface area contributed by atoms with Crippen molar-refractivity contribution in [3.05, 3.63) is 48.6 Å². The Hall–Kier alpha value is -1.70. The number of rotatable bonds is 5. The van der Waals surface area contributed by atoms with Gasteiger partial charge in [-0.3, -0.25) is 4.79 Å². The van der Waals surface area contributed by atoms with E-state index < -0.39 is 15.9 Å². The Bertz CT molecular complexity index is 548. The van der Waals surface area contributed by atoms with Crippen molar-refractivity contribution in [1.82, 2.24) is 5.32 Å². The molecule has 0 bridgehead atoms. The Morgan fingerprint density at radius 2 is 1.81 bits per heavy atom. The van der Waals surface area contributed by atoms with Crippen LogP contribution in [0.3, 0.4) is 0 Å². The molecule has 1 aromatic carbocycles. The molecule has 0 spiro atoms. The van der Waals surface area contributed by atoms with E-state index in [0.717, 1.165) is 4.48 Å². The van der Waals surface area contributed by atoms with Gasteiger partial charge in [-0.2, -0.15) is 0 Å². The van der Waals surface area contributed by atoms with E-state index in [4.69, 9.17) is 0 Å². The minimum absolute atomic E-state index is 0.118. The highest BCUT2D eigenvalue weighted by Crippen LogP contribution is 2.02. The zero-order valence-electron chi connectivity index (χ0n) is 12.6. The summed E-state index contributed by atoms with van der Waals surface area (Å²) >= 11 is 0. The molecular weight excluding hydrogens is 292 g/mol. The summed E-state index contributed by atoms with van der Waals surface area (Å²) < 4.78 is 31.5. The molecule has 0 saturated heterocycles. The average Bonchev–Trinajstić information content (AvgIpc) is 2.35. The Morgan fingerprint density at radius 3 is 2.19 bits per heavy atom. The summed E-state index contributed by atoms with van der Waals surface area (Å²) in [7, 11) is 1.88. The second-order valence-electron chi connectivity index (χ2n) is 5.38. The van der Waals surface area contributed by atoms with Crippen LogP contribution in [0.5, 0.6) is 0 Å². The van der Waals surface area contributed by atoms with Crippen molar-refractivity contribution in [2.24, 2.45) is 0 Å². The van der Waals surface area contributed by atoms with Crippen LogP contribution >= 0.6 is 0 Å². The number of carbonyl (C=O) groups excluding carboxylic acids is 1. The van der Waals surface area contributed by atoms with Crippen LogP contribution in [0.25, 0.3) is 0 Å². The first-order valence-electron chi connectivity index (χ1n) is 6.22. The third-order valence-electron chi connectivity index (χ3n) is 2.10. The van der Waals surface area contributed by atoms with Crippen LogP contribution in [0.1, 0.15) is 5.56 Å². The van der Waals surface area contributed by atoms with Gasteiger partial charge in [-0.1, -0.05) is 36.9 Å². The fourth-order valence-electron chi connectivity index (χ4n) is 1.17. The minimum atomic E-state index is -4.13. The molecule has 0 radical (unpaired) electrons. The van der Waals surface area contributed by atoms with Crippen molar-refractivity contribution in [3.63, 3.8) is 0 Å². The topological polar surface area (TPSA) is 86.3 Å². The molecule has 1 aromatic rings. The monoisotopic (exact) mass is 314 g/mol. The fraction of sp³-hybridized carbons (Fsp3) is 0.357. The highest BCUT2D eigenvalue weighted by atomic mass is 32.2. The Balaban J connectivity index is 0.000000384. The molecule has 6 nitrogen and oxygen atoms in total. The van der Waals surface area contributed by atoms with Crippen molar-refractivity contribution < 1.29 is 22.2 Å². The summed E-state index contributed by atoms with van der Waals surface area (Å²) in [6.45, 7) is 3.97. The third-order valence-corrected chi connectivity index (χ3v) is 2.79. The summed E-state index contributed by atoms with van der Waals surface area (Å²) in [5.74, 6) is -0.540. The molecule has 0 atom stereocenters. The van der Waals surface area contributed by atoms with Crippen molar-refractivity contribution in [2.75, 3.05) is 27.8 Å². The van der Waals surface area contributed by atoms with Gasteiger partial charge in [0.1, 0.15) is 0 Å². The molecule has 7 heteroatoms. The summed E-state index contributed by atoms with van der Waals surface area (Å²) in [6, 6.07) is 8.37. The van der Waals surface area contributed by atoms with Crippen molar-refractivity contribution in [3.8, 4) is 0 Å². The van der Waals surface area contributed by atoms with Crippen molar-refractivity contribution in [1.29, 1.82) is 0 Å². The van der Waals surface area contributed by atoms with E-state index in [1.807, 2.05) is 21.1 Å². The van der Waals surface area contributed by atoms with Crippen molar-refractivity contribution >= 4 is 16.0 Å². The van der Waals surface area contributed by atoms with E-state index in [-0.39, 0.29) is 5.91 Å². The Kier molecular flexibility index (Phi) is 7.86. The van der Waals surface area contributed by atoms with Crippen LogP contribution in [0.4, 0.5) is 0 Å². The van der Waals surface area contributed by atoms with E-state index in [9.17, 15) is 17.8 Å². The first-order chi connectivity index (χ1) is 9.53. The van der Waals surface area contributed by atoms with Crippen molar-refractivity contribution in [2.45, 2.75) is 5.75 Å². The highest BCUT2D eigenvalue weighted by Gasteiger charge is 2.06. The molecule has 118 valence electrons. The lowest BCUT2D eigenvalue weighted by Crippen LogP contribution is -2.44. The van der Waals surface area contributed by atoms with Gasteiger partial charge in [-0.25, -0.2) is 8.42 Å². The summed E-state index contributed by atoms with van der Waals surface area (Å²) in [5, 5.41) is 2.69.